The number of nitrogens with two attached hydrogens (primary N) is 1. The number of nitrogens with zero attached hydrogens (tertiary/aromatic N) is 1. The van der Waals surface area contributed by atoms with Crippen molar-refractivity contribution in [1.82, 2.24) is 0 Å². The Kier molecular flexibility index (Phi) is 3.79. The zero-order valence-corrected chi connectivity index (χ0v) is 8.98. The average Bonchev–Trinajstić information content (AvgIpc) is 2.21. The van der Waals surface area contributed by atoms with Gasteiger partial charge in [-0.3, -0.25) is 0 Å². The van der Waals surface area contributed by atoms with Gasteiger partial charge >= 0.3 is 6.18 Å². The molecule has 0 saturated heterocycles. The van der Waals surface area contributed by atoms with Gasteiger partial charge in [0.2, 0.25) is 0 Å². The molecule has 7 heteroatoms. The van der Waals surface area contributed by atoms with Gasteiger partial charge in [-0.05, 0) is 19.1 Å². The van der Waals surface area contributed by atoms with Crippen molar-refractivity contribution in [3.8, 4) is 0 Å². The van der Waals surface area contributed by atoms with Gasteiger partial charge in [-0.1, -0.05) is 0 Å². The van der Waals surface area contributed by atoms with E-state index >= 15 is 0 Å². The van der Waals surface area contributed by atoms with Crippen LogP contribution in [0, 0.1) is 11.6 Å². The van der Waals surface area contributed by atoms with Gasteiger partial charge in [0.25, 0.3) is 0 Å². The highest BCUT2D eigenvalue weighted by molar-refractivity contribution is 5.68. The minimum absolute atomic E-state index is 0.135. The fourth-order valence-corrected chi connectivity index (χ4v) is 1.44. The molecule has 0 spiro atoms. The molecule has 0 heterocycles. The van der Waals surface area contributed by atoms with E-state index in [4.69, 9.17) is 5.73 Å². The molecule has 0 atom stereocenters. The molecule has 0 aliphatic heterocycles. The topological polar surface area (TPSA) is 29.3 Å². The maximum atomic E-state index is 13.4. The predicted octanol–water partition coefficient (Wildman–Crippen LogP) is 2.94. The Bertz CT molecular complexity index is 402. The van der Waals surface area contributed by atoms with Crippen molar-refractivity contribution in [2.24, 2.45) is 0 Å². The molecular weight excluding hydrogens is 243 g/mol. The maximum absolute atomic E-state index is 13.4. The van der Waals surface area contributed by atoms with Crippen molar-refractivity contribution in [2.75, 3.05) is 23.7 Å². The number of hydrogen-bond acceptors (Lipinski definition) is 2. The standard InChI is InChI=1S/C10H11F5N2/c1-2-17(5-10(13,14)15)9-7(16)4-3-6(11)8(9)12/h3-4H,2,5,16H2,1H3. The summed E-state index contributed by atoms with van der Waals surface area (Å²) < 4.78 is 63.1. The Balaban J connectivity index is 3.16. The molecule has 0 amide bonds. The van der Waals surface area contributed by atoms with Crippen LogP contribution in [-0.2, 0) is 0 Å². The van der Waals surface area contributed by atoms with Gasteiger partial charge in [-0.2, -0.15) is 13.2 Å². The van der Waals surface area contributed by atoms with E-state index in [0.717, 1.165) is 12.1 Å². The highest BCUT2D eigenvalue weighted by Crippen LogP contribution is 2.30. The van der Waals surface area contributed by atoms with Crippen LogP contribution in [0.25, 0.3) is 0 Å². The van der Waals surface area contributed by atoms with Crippen LogP contribution in [0.2, 0.25) is 0 Å². The van der Waals surface area contributed by atoms with Crippen LogP contribution in [0.15, 0.2) is 12.1 Å². The molecule has 0 radical (unpaired) electrons. The lowest BCUT2D eigenvalue weighted by Gasteiger charge is -2.26. The molecule has 0 aliphatic carbocycles. The monoisotopic (exact) mass is 254 g/mol. The molecular formula is C10H11F5N2. The molecule has 96 valence electrons. The highest BCUT2D eigenvalue weighted by atomic mass is 19.4. The number of nitrogen functional groups attached to an aromatic ring is 1. The quantitative estimate of drug-likeness (QED) is 0.663. The van der Waals surface area contributed by atoms with E-state index < -0.39 is 30.0 Å². The first kappa shape index (κ1) is 13.5. The van der Waals surface area contributed by atoms with E-state index in [1.54, 1.807) is 0 Å². The van der Waals surface area contributed by atoms with E-state index in [2.05, 4.69) is 0 Å². The fourth-order valence-electron chi connectivity index (χ4n) is 1.44. The molecule has 0 aromatic heterocycles. The zero-order chi connectivity index (χ0) is 13.2. The lowest BCUT2D eigenvalue weighted by Crippen LogP contribution is -2.35. The van der Waals surface area contributed by atoms with Crippen LogP contribution in [-0.4, -0.2) is 19.3 Å². The van der Waals surface area contributed by atoms with Crippen LogP contribution in [0.5, 0.6) is 0 Å². The van der Waals surface area contributed by atoms with Gasteiger partial charge in [-0.25, -0.2) is 8.78 Å². The molecule has 0 fully saturated rings. The van der Waals surface area contributed by atoms with Gasteiger partial charge in [-0.15, -0.1) is 0 Å². The summed E-state index contributed by atoms with van der Waals surface area (Å²) in [6.45, 7) is -0.117. The van der Waals surface area contributed by atoms with Crippen LogP contribution in [0.1, 0.15) is 6.92 Å². The first-order valence-corrected chi connectivity index (χ1v) is 4.81. The Morgan fingerprint density at radius 2 is 1.82 bits per heavy atom. The van der Waals surface area contributed by atoms with E-state index in [0.29, 0.717) is 4.90 Å². The van der Waals surface area contributed by atoms with Crippen molar-refractivity contribution in [2.45, 2.75) is 13.1 Å². The van der Waals surface area contributed by atoms with Crippen LogP contribution < -0.4 is 10.6 Å². The Morgan fingerprint density at radius 3 is 2.29 bits per heavy atom. The van der Waals surface area contributed by atoms with Crippen LogP contribution >= 0.6 is 0 Å². The van der Waals surface area contributed by atoms with Gasteiger partial charge in [0.1, 0.15) is 6.54 Å². The zero-order valence-electron chi connectivity index (χ0n) is 8.98. The summed E-state index contributed by atoms with van der Waals surface area (Å²) in [6.07, 6.45) is -4.51. The van der Waals surface area contributed by atoms with Crippen molar-refractivity contribution >= 4 is 11.4 Å². The number of benzene rings is 1. The normalized spacial score (nSPS) is 11.6. The third kappa shape index (κ3) is 3.21. The van der Waals surface area contributed by atoms with Crippen molar-refractivity contribution in [1.29, 1.82) is 0 Å². The minimum atomic E-state index is -4.51. The molecule has 1 aromatic rings. The maximum Gasteiger partial charge on any atom is 0.405 e. The summed E-state index contributed by atoms with van der Waals surface area (Å²) in [7, 11) is 0. The minimum Gasteiger partial charge on any atom is -0.397 e. The lowest BCUT2D eigenvalue weighted by atomic mass is 10.2. The van der Waals surface area contributed by atoms with Crippen molar-refractivity contribution in [3.63, 3.8) is 0 Å². The first-order chi connectivity index (χ1) is 7.76. The highest BCUT2D eigenvalue weighted by Gasteiger charge is 2.32. The second-order valence-electron chi connectivity index (χ2n) is 3.43. The number of hydrogen-bond donors (Lipinski definition) is 1. The molecule has 0 aliphatic rings. The SMILES string of the molecule is CCN(CC(F)(F)F)c1c(N)ccc(F)c1F. The summed E-state index contributed by atoms with van der Waals surface area (Å²) in [5, 5.41) is 0. The van der Waals surface area contributed by atoms with Gasteiger partial charge in [0.05, 0.1) is 11.4 Å². The summed E-state index contributed by atoms with van der Waals surface area (Å²) in [4.78, 5) is 0.647. The van der Waals surface area contributed by atoms with E-state index in [1.807, 2.05) is 0 Å². The third-order valence-electron chi connectivity index (χ3n) is 2.17. The second kappa shape index (κ2) is 4.77. The number of anilines is 2. The summed E-state index contributed by atoms with van der Waals surface area (Å²) in [5.74, 6) is -2.59. The Hall–Kier alpha value is -1.53. The summed E-state index contributed by atoms with van der Waals surface area (Å²) in [5.41, 5.74) is 4.59. The van der Waals surface area contributed by atoms with Gasteiger partial charge in [0, 0.05) is 6.54 Å². The molecule has 2 N–H and O–H groups in total. The van der Waals surface area contributed by atoms with Gasteiger partial charge in [0.15, 0.2) is 11.6 Å². The summed E-state index contributed by atoms with van der Waals surface area (Å²) in [6, 6.07) is 1.81. The van der Waals surface area contributed by atoms with Crippen molar-refractivity contribution in [3.05, 3.63) is 23.8 Å². The number of rotatable bonds is 3. The Morgan fingerprint density at radius 1 is 1.24 bits per heavy atom. The smallest absolute Gasteiger partial charge is 0.397 e. The first-order valence-electron chi connectivity index (χ1n) is 4.81. The van der Waals surface area contributed by atoms with Crippen LogP contribution in [0.3, 0.4) is 0 Å². The molecule has 2 nitrogen and oxygen atoms in total. The number of alkyl halides is 3. The molecule has 0 bridgehead atoms. The predicted molar refractivity (Wildman–Crippen MR) is 54.7 cm³/mol. The third-order valence-corrected chi connectivity index (χ3v) is 2.17. The van der Waals surface area contributed by atoms with Crippen molar-refractivity contribution < 1.29 is 22.0 Å². The number of halogens is 5. The largest absolute Gasteiger partial charge is 0.405 e. The molecule has 0 saturated carbocycles. The second-order valence-corrected chi connectivity index (χ2v) is 3.43. The molecule has 1 aromatic carbocycles. The molecule has 17 heavy (non-hydrogen) atoms. The van der Waals surface area contributed by atoms with E-state index in [1.165, 1.54) is 6.92 Å². The molecule has 1 rings (SSSR count). The summed E-state index contributed by atoms with van der Waals surface area (Å²) >= 11 is 0. The average molecular weight is 254 g/mol. The van der Waals surface area contributed by atoms with E-state index in [9.17, 15) is 22.0 Å². The lowest BCUT2D eigenvalue weighted by molar-refractivity contribution is -0.119. The molecule has 0 unspecified atom stereocenters. The van der Waals surface area contributed by atoms with Crippen LogP contribution in [0.4, 0.5) is 33.3 Å². The Labute approximate surface area is 94.8 Å². The van der Waals surface area contributed by atoms with E-state index in [-0.39, 0.29) is 12.2 Å². The fraction of sp³-hybridized carbons (Fsp3) is 0.400. The van der Waals surface area contributed by atoms with Gasteiger partial charge < -0.3 is 10.6 Å².